The zero-order chi connectivity index (χ0) is 15.8. The highest BCUT2D eigenvalue weighted by Crippen LogP contribution is 2.21. The molecule has 0 saturated heterocycles. The highest BCUT2D eigenvalue weighted by atomic mass is 16.6. The molecule has 0 unspecified atom stereocenters. The van der Waals surface area contributed by atoms with E-state index in [0.717, 1.165) is 37.8 Å². The molecule has 0 rings (SSSR count). The van der Waals surface area contributed by atoms with Crippen LogP contribution >= 0.6 is 0 Å². The van der Waals surface area contributed by atoms with Gasteiger partial charge in [0, 0.05) is 12.2 Å². The Hall–Kier alpha value is -1.32. The quantitative estimate of drug-likeness (QED) is 0.502. The van der Waals surface area contributed by atoms with Gasteiger partial charge in [0.15, 0.2) is 0 Å². The van der Waals surface area contributed by atoms with Crippen molar-refractivity contribution in [2.24, 2.45) is 0 Å². The van der Waals surface area contributed by atoms with Crippen molar-refractivity contribution in [1.82, 2.24) is 0 Å². The molecule has 0 aromatic heterocycles. The molecule has 116 valence electrons. The molecule has 20 heavy (non-hydrogen) atoms. The predicted molar refractivity (Wildman–Crippen MR) is 79.3 cm³/mol. The lowest BCUT2D eigenvalue weighted by atomic mass is 10.0. The first-order valence-corrected chi connectivity index (χ1v) is 7.38. The number of hydrogen-bond acceptors (Lipinski definition) is 4. The van der Waals surface area contributed by atoms with Crippen LogP contribution in [0.3, 0.4) is 0 Å². The molecule has 0 N–H and O–H groups in total. The maximum absolute atomic E-state index is 11.7. The molecule has 0 aliphatic carbocycles. The largest absolute Gasteiger partial charge is 0.456 e. The summed E-state index contributed by atoms with van der Waals surface area (Å²) >= 11 is 0. The van der Waals surface area contributed by atoms with Crippen molar-refractivity contribution in [3.8, 4) is 0 Å². The van der Waals surface area contributed by atoms with Crippen LogP contribution in [0.4, 0.5) is 0 Å². The van der Waals surface area contributed by atoms with E-state index in [2.05, 4.69) is 0 Å². The number of ether oxygens (including phenoxy) is 2. The summed E-state index contributed by atoms with van der Waals surface area (Å²) in [5.41, 5.74) is -0.959. The Morgan fingerprint density at radius 3 is 1.20 bits per heavy atom. The van der Waals surface area contributed by atoms with Gasteiger partial charge in [-0.2, -0.15) is 0 Å². The molecule has 0 radical (unpaired) electrons. The van der Waals surface area contributed by atoms with Gasteiger partial charge >= 0.3 is 11.9 Å². The Morgan fingerprint density at radius 2 is 1.00 bits per heavy atom. The van der Waals surface area contributed by atoms with E-state index in [1.807, 2.05) is 41.5 Å². The Balaban J connectivity index is 4.50. The van der Waals surface area contributed by atoms with Crippen LogP contribution in [-0.2, 0) is 19.1 Å². The monoisotopic (exact) mass is 284 g/mol. The second-order valence-corrected chi connectivity index (χ2v) is 5.49. The van der Waals surface area contributed by atoms with E-state index in [1.54, 1.807) is 0 Å². The maximum Gasteiger partial charge on any atom is 0.331 e. The number of rotatable bonds is 8. The van der Waals surface area contributed by atoms with E-state index >= 15 is 0 Å². The van der Waals surface area contributed by atoms with Crippen LogP contribution in [0.1, 0.15) is 67.2 Å². The Morgan fingerprint density at radius 1 is 0.750 bits per heavy atom. The van der Waals surface area contributed by atoms with Crippen molar-refractivity contribution in [2.75, 3.05) is 0 Å². The highest BCUT2D eigenvalue weighted by molar-refractivity contribution is 5.92. The Kier molecular flexibility index (Phi) is 7.54. The molecule has 0 fully saturated rings. The summed E-state index contributed by atoms with van der Waals surface area (Å²) in [6, 6.07) is 0. The molecule has 0 spiro atoms. The van der Waals surface area contributed by atoms with Gasteiger partial charge in [0.05, 0.1) is 0 Å². The van der Waals surface area contributed by atoms with Crippen LogP contribution in [0, 0.1) is 0 Å². The molecule has 0 bridgehead atoms. The molecular weight excluding hydrogens is 256 g/mol. The third-order valence-electron chi connectivity index (χ3n) is 4.04. The van der Waals surface area contributed by atoms with Crippen LogP contribution in [0.2, 0.25) is 0 Å². The molecule has 4 nitrogen and oxygen atoms in total. The van der Waals surface area contributed by atoms with Gasteiger partial charge in [-0.15, -0.1) is 0 Å². The molecule has 0 saturated carbocycles. The average Bonchev–Trinajstić information content (AvgIpc) is 2.44. The fourth-order valence-corrected chi connectivity index (χ4v) is 1.48. The van der Waals surface area contributed by atoms with E-state index < -0.39 is 23.1 Å². The minimum atomic E-state index is -0.511. The summed E-state index contributed by atoms with van der Waals surface area (Å²) in [5.74, 6) is -1.02. The number of carbonyl (C=O) groups is 2. The van der Waals surface area contributed by atoms with Gasteiger partial charge < -0.3 is 9.47 Å². The predicted octanol–water partition coefficient (Wildman–Crippen LogP) is 3.79. The lowest BCUT2D eigenvalue weighted by molar-refractivity contribution is -0.155. The number of carbonyl (C=O) groups excluding carboxylic acids is 2. The third kappa shape index (κ3) is 6.22. The van der Waals surface area contributed by atoms with Crippen LogP contribution in [0.15, 0.2) is 12.2 Å². The highest BCUT2D eigenvalue weighted by Gasteiger charge is 2.25. The van der Waals surface area contributed by atoms with Gasteiger partial charge in [-0.3, -0.25) is 0 Å². The van der Waals surface area contributed by atoms with Crippen molar-refractivity contribution in [3.05, 3.63) is 12.2 Å². The van der Waals surface area contributed by atoms with E-state index in [0.29, 0.717) is 0 Å². The van der Waals surface area contributed by atoms with Crippen LogP contribution in [0.25, 0.3) is 0 Å². The number of esters is 2. The molecule has 0 heterocycles. The first-order valence-electron chi connectivity index (χ1n) is 7.38. The zero-order valence-electron chi connectivity index (χ0n) is 13.6. The second-order valence-electron chi connectivity index (χ2n) is 5.49. The van der Waals surface area contributed by atoms with Gasteiger partial charge in [0.2, 0.25) is 0 Å². The summed E-state index contributed by atoms with van der Waals surface area (Å²) in [6.07, 6.45) is 5.21. The first kappa shape index (κ1) is 18.7. The molecule has 0 aromatic carbocycles. The van der Waals surface area contributed by atoms with Gasteiger partial charge in [-0.05, 0) is 39.5 Å². The van der Waals surface area contributed by atoms with Gasteiger partial charge in [-0.1, -0.05) is 27.7 Å². The van der Waals surface area contributed by atoms with Gasteiger partial charge in [0.25, 0.3) is 0 Å². The lowest BCUT2D eigenvalue weighted by Crippen LogP contribution is -2.30. The van der Waals surface area contributed by atoms with Crippen LogP contribution < -0.4 is 0 Å². The van der Waals surface area contributed by atoms with Crippen LogP contribution in [-0.4, -0.2) is 23.1 Å². The van der Waals surface area contributed by atoms with Crippen molar-refractivity contribution in [2.45, 2.75) is 78.4 Å². The Bertz CT molecular complexity index is 315. The number of hydrogen-bond donors (Lipinski definition) is 0. The molecule has 0 aromatic rings. The lowest BCUT2D eigenvalue weighted by Gasteiger charge is -2.26. The minimum absolute atomic E-state index is 0.479. The summed E-state index contributed by atoms with van der Waals surface area (Å²) in [6.45, 7) is 11.6. The molecule has 0 aliphatic heterocycles. The van der Waals surface area contributed by atoms with Crippen molar-refractivity contribution in [1.29, 1.82) is 0 Å². The van der Waals surface area contributed by atoms with E-state index in [4.69, 9.17) is 9.47 Å². The maximum atomic E-state index is 11.7. The molecule has 0 atom stereocenters. The Labute approximate surface area is 122 Å². The minimum Gasteiger partial charge on any atom is -0.456 e. The topological polar surface area (TPSA) is 52.6 Å². The standard InChI is InChI=1S/C16H28O4/c1-7-15(5,8-2)19-13(17)11-12-14(18)20-16(6,9-3)10-4/h11-12H,7-10H2,1-6H3/b12-11+. The van der Waals surface area contributed by atoms with Crippen molar-refractivity contribution in [3.63, 3.8) is 0 Å². The fourth-order valence-electron chi connectivity index (χ4n) is 1.48. The smallest absolute Gasteiger partial charge is 0.331 e. The summed E-state index contributed by atoms with van der Waals surface area (Å²) in [5, 5.41) is 0. The van der Waals surface area contributed by atoms with Crippen molar-refractivity contribution >= 4 is 11.9 Å². The zero-order valence-corrected chi connectivity index (χ0v) is 13.6. The van der Waals surface area contributed by atoms with Crippen molar-refractivity contribution < 1.29 is 19.1 Å². The SMILES string of the molecule is CCC(C)(CC)OC(=O)/C=C/C(=O)OC(C)(CC)CC. The molecule has 0 amide bonds. The third-order valence-corrected chi connectivity index (χ3v) is 4.04. The summed E-state index contributed by atoms with van der Waals surface area (Å²) in [7, 11) is 0. The average molecular weight is 284 g/mol. The van der Waals surface area contributed by atoms with E-state index in [9.17, 15) is 9.59 Å². The fraction of sp³-hybridized carbons (Fsp3) is 0.750. The summed E-state index contributed by atoms with van der Waals surface area (Å²) < 4.78 is 10.7. The van der Waals surface area contributed by atoms with Gasteiger partial charge in [0.1, 0.15) is 11.2 Å². The molecular formula is C16H28O4. The first-order chi connectivity index (χ1) is 9.24. The van der Waals surface area contributed by atoms with Gasteiger partial charge in [-0.25, -0.2) is 9.59 Å². The van der Waals surface area contributed by atoms with E-state index in [-0.39, 0.29) is 0 Å². The molecule has 0 aliphatic rings. The second kappa shape index (κ2) is 8.08. The summed E-state index contributed by atoms with van der Waals surface area (Å²) in [4.78, 5) is 23.3. The molecule has 4 heteroatoms. The van der Waals surface area contributed by atoms with E-state index in [1.165, 1.54) is 0 Å². The normalized spacial score (nSPS) is 12.5. The van der Waals surface area contributed by atoms with Crippen LogP contribution in [0.5, 0.6) is 0 Å².